The Morgan fingerprint density at radius 1 is 1.46 bits per heavy atom. The average Bonchev–Trinajstić information content (AvgIpc) is 2.05. The molecule has 0 aromatic heterocycles. The lowest BCUT2D eigenvalue weighted by atomic mass is 10.2. The minimum Gasteiger partial charge on any atom is -0.466 e. The summed E-state index contributed by atoms with van der Waals surface area (Å²) in [6.07, 6.45) is 1.43. The van der Waals surface area contributed by atoms with Crippen LogP contribution >= 0.6 is 12.4 Å². The summed E-state index contributed by atoms with van der Waals surface area (Å²) in [5, 5.41) is 3.57. The van der Waals surface area contributed by atoms with E-state index in [4.69, 9.17) is 9.57 Å². The summed E-state index contributed by atoms with van der Waals surface area (Å²) >= 11 is 0. The van der Waals surface area contributed by atoms with Gasteiger partial charge < -0.3 is 9.57 Å². The molecule has 0 aliphatic carbocycles. The van der Waals surface area contributed by atoms with Gasteiger partial charge in [0.05, 0.1) is 18.7 Å². The predicted octanol–water partition coefficient (Wildman–Crippen LogP) is 1.63. The largest absolute Gasteiger partial charge is 0.466 e. The molecular formula is C8H16ClNO3. The van der Waals surface area contributed by atoms with Crippen LogP contribution in [0.2, 0.25) is 0 Å². The summed E-state index contributed by atoms with van der Waals surface area (Å²) < 4.78 is 4.75. The number of hydrogen-bond donors (Lipinski definition) is 0. The zero-order chi connectivity index (χ0) is 9.40. The van der Waals surface area contributed by atoms with E-state index >= 15 is 0 Å². The third-order valence-corrected chi connectivity index (χ3v) is 1.15. The molecule has 0 bridgehead atoms. The zero-order valence-electron chi connectivity index (χ0n) is 8.15. The number of carbonyl (C=O) groups is 1. The molecule has 0 heterocycles. The van der Waals surface area contributed by atoms with Crippen molar-refractivity contribution in [2.24, 2.45) is 11.1 Å². The fourth-order valence-electron chi connectivity index (χ4n) is 0.543. The SMILES string of the molecule is CCON=CC(C)C(=O)OCC.Cl. The topological polar surface area (TPSA) is 47.9 Å². The molecule has 5 heteroatoms. The summed E-state index contributed by atoms with van der Waals surface area (Å²) in [5.41, 5.74) is 0. The highest BCUT2D eigenvalue weighted by Gasteiger charge is 2.10. The summed E-state index contributed by atoms with van der Waals surface area (Å²) in [7, 11) is 0. The van der Waals surface area contributed by atoms with Gasteiger partial charge in [0.2, 0.25) is 0 Å². The van der Waals surface area contributed by atoms with E-state index in [2.05, 4.69) is 5.16 Å². The van der Waals surface area contributed by atoms with Crippen LogP contribution in [0.5, 0.6) is 0 Å². The second kappa shape index (κ2) is 9.32. The van der Waals surface area contributed by atoms with Crippen LogP contribution in [-0.4, -0.2) is 25.4 Å². The van der Waals surface area contributed by atoms with Crippen molar-refractivity contribution in [3.8, 4) is 0 Å². The number of carbonyl (C=O) groups excluding carboxylic acids is 1. The first-order chi connectivity index (χ1) is 5.72. The maximum atomic E-state index is 11.0. The van der Waals surface area contributed by atoms with E-state index in [1.165, 1.54) is 6.21 Å². The fourth-order valence-corrected chi connectivity index (χ4v) is 0.543. The first kappa shape index (κ1) is 14.7. The molecule has 0 spiro atoms. The number of halogens is 1. The van der Waals surface area contributed by atoms with E-state index < -0.39 is 0 Å². The standard InChI is InChI=1S/C8H15NO3.ClH/c1-4-11-8(10)7(3)6-9-12-5-2;/h6-7H,4-5H2,1-3H3;1H. The molecule has 0 aliphatic rings. The first-order valence-corrected chi connectivity index (χ1v) is 4.04. The summed E-state index contributed by atoms with van der Waals surface area (Å²) in [6.45, 7) is 6.20. The molecule has 0 saturated carbocycles. The van der Waals surface area contributed by atoms with Crippen molar-refractivity contribution in [3.05, 3.63) is 0 Å². The van der Waals surface area contributed by atoms with Crippen molar-refractivity contribution >= 4 is 24.6 Å². The lowest BCUT2D eigenvalue weighted by Crippen LogP contribution is -2.15. The highest BCUT2D eigenvalue weighted by molar-refractivity contribution is 5.89. The van der Waals surface area contributed by atoms with Crippen LogP contribution in [0.15, 0.2) is 5.16 Å². The molecule has 78 valence electrons. The fraction of sp³-hybridized carbons (Fsp3) is 0.750. The van der Waals surface area contributed by atoms with Crippen LogP contribution in [0.3, 0.4) is 0 Å². The molecule has 0 aromatic carbocycles. The summed E-state index contributed by atoms with van der Waals surface area (Å²) in [5.74, 6) is -0.613. The monoisotopic (exact) mass is 209 g/mol. The van der Waals surface area contributed by atoms with E-state index in [-0.39, 0.29) is 24.3 Å². The van der Waals surface area contributed by atoms with Gasteiger partial charge >= 0.3 is 5.97 Å². The number of esters is 1. The Labute approximate surface area is 84.7 Å². The molecule has 0 aromatic rings. The summed E-state index contributed by atoms with van der Waals surface area (Å²) in [4.78, 5) is 15.7. The van der Waals surface area contributed by atoms with Gasteiger partial charge in [0.25, 0.3) is 0 Å². The van der Waals surface area contributed by atoms with E-state index in [9.17, 15) is 4.79 Å². The highest BCUT2D eigenvalue weighted by Crippen LogP contribution is 1.94. The van der Waals surface area contributed by atoms with Crippen molar-refractivity contribution < 1.29 is 14.4 Å². The number of nitrogens with zero attached hydrogens (tertiary/aromatic N) is 1. The van der Waals surface area contributed by atoms with Crippen LogP contribution in [0, 0.1) is 5.92 Å². The molecule has 13 heavy (non-hydrogen) atoms. The van der Waals surface area contributed by atoms with E-state index in [0.29, 0.717) is 13.2 Å². The Morgan fingerprint density at radius 3 is 2.54 bits per heavy atom. The Hall–Kier alpha value is -0.770. The quantitative estimate of drug-likeness (QED) is 0.393. The number of ether oxygens (including phenoxy) is 1. The molecule has 0 rings (SSSR count). The second-order valence-corrected chi connectivity index (χ2v) is 2.21. The maximum absolute atomic E-state index is 11.0. The van der Waals surface area contributed by atoms with Crippen molar-refractivity contribution in [1.29, 1.82) is 0 Å². The smallest absolute Gasteiger partial charge is 0.314 e. The van der Waals surface area contributed by atoms with Crippen molar-refractivity contribution in [2.45, 2.75) is 20.8 Å². The first-order valence-electron chi connectivity index (χ1n) is 4.04. The van der Waals surface area contributed by atoms with Gasteiger partial charge in [-0.15, -0.1) is 12.4 Å². The lowest BCUT2D eigenvalue weighted by Gasteiger charge is -2.03. The highest BCUT2D eigenvalue weighted by atomic mass is 35.5. The molecule has 0 saturated heterocycles. The second-order valence-electron chi connectivity index (χ2n) is 2.21. The van der Waals surface area contributed by atoms with E-state index in [0.717, 1.165) is 0 Å². The normalized spacial score (nSPS) is 11.9. The van der Waals surface area contributed by atoms with Crippen molar-refractivity contribution in [2.75, 3.05) is 13.2 Å². The van der Waals surface area contributed by atoms with Gasteiger partial charge in [-0.2, -0.15) is 0 Å². The van der Waals surface area contributed by atoms with Crippen molar-refractivity contribution in [3.63, 3.8) is 0 Å². The third-order valence-electron chi connectivity index (χ3n) is 1.15. The lowest BCUT2D eigenvalue weighted by molar-refractivity contribution is -0.144. The van der Waals surface area contributed by atoms with Gasteiger partial charge in [-0.1, -0.05) is 5.16 Å². The summed E-state index contributed by atoms with van der Waals surface area (Å²) in [6, 6.07) is 0. The Balaban J connectivity index is 0. The number of hydrogen-bond acceptors (Lipinski definition) is 4. The Kier molecular flexibility index (Phi) is 10.6. The molecular weight excluding hydrogens is 194 g/mol. The molecule has 0 amide bonds. The van der Waals surface area contributed by atoms with E-state index in [1.807, 2.05) is 6.92 Å². The molecule has 1 unspecified atom stereocenters. The van der Waals surface area contributed by atoms with Crippen LogP contribution < -0.4 is 0 Å². The number of oxime groups is 1. The van der Waals surface area contributed by atoms with Gasteiger partial charge in [-0.25, -0.2) is 0 Å². The minimum absolute atomic E-state index is 0. The molecule has 0 N–H and O–H groups in total. The average molecular weight is 210 g/mol. The van der Waals surface area contributed by atoms with Crippen LogP contribution in [0.4, 0.5) is 0 Å². The molecule has 0 radical (unpaired) electrons. The van der Waals surface area contributed by atoms with Crippen LogP contribution in [-0.2, 0) is 14.4 Å². The van der Waals surface area contributed by atoms with Crippen molar-refractivity contribution in [1.82, 2.24) is 0 Å². The molecule has 0 fully saturated rings. The Bertz CT molecular complexity index is 161. The minimum atomic E-state index is -0.337. The van der Waals surface area contributed by atoms with Gasteiger partial charge in [-0.3, -0.25) is 4.79 Å². The predicted molar refractivity (Wildman–Crippen MR) is 53.2 cm³/mol. The van der Waals surface area contributed by atoms with Gasteiger partial charge in [0, 0.05) is 0 Å². The number of rotatable bonds is 5. The van der Waals surface area contributed by atoms with Gasteiger partial charge in [0.1, 0.15) is 6.61 Å². The molecule has 4 nitrogen and oxygen atoms in total. The molecule has 0 aliphatic heterocycles. The van der Waals surface area contributed by atoms with Crippen LogP contribution in [0.1, 0.15) is 20.8 Å². The van der Waals surface area contributed by atoms with Gasteiger partial charge in [-0.05, 0) is 20.8 Å². The molecule has 1 atom stereocenters. The van der Waals surface area contributed by atoms with E-state index in [1.54, 1.807) is 13.8 Å². The zero-order valence-corrected chi connectivity index (χ0v) is 8.97. The third kappa shape index (κ3) is 7.59. The maximum Gasteiger partial charge on any atom is 0.314 e. The van der Waals surface area contributed by atoms with Gasteiger partial charge in [0.15, 0.2) is 0 Å². The Morgan fingerprint density at radius 2 is 2.08 bits per heavy atom. The van der Waals surface area contributed by atoms with Crippen LogP contribution in [0.25, 0.3) is 0 Å².